The van der Waals surface area contributed by atoms with Crippen LogP contribution in [0, 0.1) is 5.92 Å². The number of aliphatic hydroxyl groups excluding tert-OH is 2. The molecule has 3 unspecified atom stereocenters. The van der Waals surface area contributed by atoms with Gasteiger partial charge >= 0.3 is 5.97 Å². The van der Waals surface area contributed by atoms with Gasteiger partial charge in [0.25, 0.3) is 5.91 Å². The summed E-state index contributed by atoms with van der Waals surface area (Å²) in [7, 11) is 1.51. The second-order valence-corrected chi connectivity index (χ2v) is 16.7. The Labute approximate surface area is 358 Å². The van der Waals surface area contributed by atoms with Crippen molar-refractivity contribution >= 4 is 35.4 Å². The van der Waals surface area contributed by atoms with Crippen LogP contribution in [0.1, 0.15) is 109 Å². The number of esters is 1. The summed E-state index contributed by atoms with van der Waals surface area (Å²) in [4.78, 5) is 83.1. The van der Waals surface area contributed by atoms with E-state index in [0.717, 1.165) is 32.1 Å². The zero-order valence-electron chi connectivity index (χ0n) is 36.2. The zero-order chi connectivity index (χ0) is 44.5. The first-order valence-electron chi connectivity index (χ1n) is 21.5. The normalized spacial score (nSPS) is 17.6. The number of carbonyl (C=O) groups is 6. The van der Waals surface area contributed by atoms with Crippen LogP contribution in [0.2, 0.25) is 0 Å². The van der Waals surface area contributed by atoms with Crippen molar-refractivity contribution in [1.29, 1.82) is 0 Å². The van der Waals surface area contributed by atoms with Crippen LogP contribution < -0.4 is 30.7 Å². The van der Waals surface area contributed by atoms with Gasteiger partial charge in [-0.1, -0.05) is 62.9 Å². The van der Waals surface area contributed by atoms with Crippen LogP contribution in [0.3, 0.4) is 0 Å². The summed E-state index contributed by atoms with van der Waals surface area (Å²) in [5.74, 6) is -3.06. The Balaban J connectivity index is 1.40. The second kappa shape index (κ2) is 23.8. The summed E-state index contributed by atoms with van der Waals surface area (Å²) < 4.78 is 16.7. The fourth-order valence-electron chi connectivity index (χ4n) is 7.75. The van der Waals surface area contributed by atoms with E-state index in [-0.39, 0.29) is 50.3 Å². The third-order valence-corrected chi connectivity index (χ3v) is 10.7. The van der Waals surface area contributed by atoms with Gasteiger partial charge in [0.1, 0.15) is 41.5 Å². The minimum absolute atomic E-state index is 0.0225. The summed E-state index contributed by atoms with van der Waals surface area (Å²) in [6.45, 7) is 7.08. The quantitative estimate of drug-likeness (QED) is 0.0436. The van der Waals surface area contributed by atoms with Crippen molar-refractivity contribution in [3.63, 3.8) is 0 Å². The molecule has 2 aliphatic rings. The maximum absolute atomic E-state index is 14.4. The Morgan fingerprint density at radius 1 is 0.918 bits per heavy atom. The molecule has 0 spiro atoms. The number of hydrogen-bond acceptors (Lipinski definition) is 12. The first kappa shape index (κ1) is 48.6. The van der Waals surface area contributed by atoms with E-state index in [1.807, 2.05) is 0 Å². The number of nitrogens with one attached hydrogen (secondary N) is 4. The number of ether oxygens (including phenoxy) is 3. The Hall–Kier alpha value is -5.06. The summed E-state index contributed by atoms with van der Waals surface area (Å²) in [5, 5.41) is 30.8. The molecule has 5 atom stereocenters. The predicted molar refractivity (Wildman–Crippen MR) is 226 cm³/mol. The molecule has 1 saturated heterocycles. The Morgan fingerprint density at radius 2 is 1.62 bits per heavy atom. The molecule has 61 heavy (non-hydrogen) atoms. The molecule has 2 fully saturated rings. The van der Waals surface area contributed by atoms with Gasteiger partial charge in [0.05, 0.1) is 32.7 Å². The van der Waals surface area contributed by atoms with Crippen molar-refractivity contribution in [2.75, 3.05) is 33.4 Å². The predicted octanol–water partition coefficient (Wildman–Crippen LogP) is 3.02. The topological polar surface area (TPSA) is 222 Å². The number of likely N-dealkylation sites (tertiary alicyclic amines) is 1. The van der Waals surface area contributed by atoms with E-state index >= 15 is 0 Å². The van der Waals surface area contributed by atoms with Gasteiger partial charge in [-0.05, 0) is 82.1 Å². The van der Waals surface area contributed by atoms with E-state index < -0.39 is 66.1 Å². The average molecular weight is 852 g/mol. The van der Waals surface area contributed by atoms with Gasteiger partial charge in [-0.3, -0.25) is 29.3 Å². The number of amides is 4. The van der Waals surface area contributed by atoms with Crippen molar-refractivity contribution < 1.29 is 53.2 Å². The van der Waals surface area contributed by atoms with Crippen LogP contribution in [0.4, 0.5) is 0 Å². The fraction of sp³-hybridized carbons (Fsp3) is 0.600. The van der Waals surface area contributed by atoms with Crippen LogP contribution in [0.5, 0.6) is 11.5 Å². The van der Waals surface area contributed by atoms with Crippen molar-refractivity contribution in [1.82, 2.24) is 26.2 Å². The number of benzene rings is 2. The molecular weight excluding hydrogens is 787 g/mol. The minimum Gasteiger partial charge on any atom is -0.497 e. The smallest absolute Gasteiger partial charge is 0.328 e. The number of Topliss-reactive ketones (excluding diaryl/α,β-unsaturated/α-hetero) is 1. The summed E-state index contributed by atoms with van der Waals surface area (Å²) in [6, 6.07) is 9.70. The maximum Gasteiger partial charge on any atom is 0.328 e. The SMILES string of the molecule is CCCC(NC(=O)[C@@H]1CCCN1C(=O)C(NC(=O)Cc1cc(OC)cc(OCCCO)c1)C1CCCCC1)C(=O)C(=O)NCC(O)N[C@H](C(=O)OC(C)(C)C)c1ccccc1. The molecule has 1 heterocycles. The third kappa shape index (κ3) is 15.1. The first-order chi connectivity index (χ1) is 29.1. The van der Waals surface area contributed by atoms with Crippen molar-refractivity contribution in [3.05, 3.63) is 59.7 Å². The van der Waals surface area contributed by atoms with E-state index in [2.05, 4.69) is 21.3 Å². The van der Waals surface area contributed by atoms with E-state index in [9.17, 15) is 33.9 Å². The highest BCUT2D eigenvalue weighted by atomic mass is 16.6. The van der Waals surface area contributed by atoms with Gasteiger partial charge in [0.2, 0.25) is 23.5 Å². The minimum atomic E-state index is -1.45. The van der Waals surface area contributed by atoms with Gasteiger partial charge in [0.15, 0.2) is 0 Å². The third-order valence-electron chi connectivity index (χ3n) is 10.7. The standard InChI is InChI=1S/C45H65N5O11/c1-6-15-34(40(54)42(56)46-28-37(53)49-39(31-18-11-8-12-19-31)44(58)61-45(2,3)4)47-41(55)35-20-13-21-50(35)43(57)38(30-16-9-7-10-17-30)48-36(52)26-29-24-32(59-5)27-33(25-29)60-23-14-22-51/h8,11-12,18-19,24-25,27,30,34-35,37-39,49,51,53H,6-7,9-10,13-17,20-23,26,28H2,1-5H3,(H,46,56)(H,47,55)(H,48,52)/t34?,35-,37?,38?,39-/m0/s1. The molecule has 16 heteroatoms. The molecule has 4 rings (SSSR count). The molecule has 2 aromatic rings. The van der Waals surface area contributed by atoms with Crippen molar-refractivity contribution in [3.8, 4) is 11.5 Å². The Bertz CT molecular complexity index is 1780. The number of ketones is 1. The summed E-state index contributed by atoms with van der Waals surface area (Å²) in [6.07, 6.45) is 4.73. The van der Waals surface area contributed by atoms with Crippen LogP contribution in [-0.4, -0.2) is 114 Å². The summed E-state index contributed by atoms with van der Waals surface area (Å²) >= 11 is 0. The number of nitrogens with zero attached hydrogens (tertiary/aromatic N) is 1. The highest BCUT2D eigenvalue weighted by Gasteiger charge is 2.42. The zero-order valence-corrected chi connectivity index (χ0v) is 36.2. The molecule has 6 N–H and O–H groups in total. The van der Waals surface area contributed by atoms with E-state index in [0.29, 0.717) is 48.3 Å². The lowest BCUT2D eigenvalue weighted by atomic mass is 9.83. The second-order valence-electron chi connectivity index (χ2n) is 16.7. The lowest BCUT2D eigenvalue weighted by Crippen LogP contribution is -2.58. The molecule has 1 saturated carbocycles. The molecule has 0 aromatic heterocycles. The number of rotatable bonds is 22. The Kier molecular flexibility index (Phi) is 19.0. The first-order valence-corrected chi connectivity index (χ1v) is 21.5. The lowest BCUT2D eigenvalue weighted by molar-refractivity contribution is -0.158. The average Bonchev–Trinajstić information content (AvgIpc) is 3.74. The molecule has 0 radical (unpaired) electrons. The maximum atomic E-state index is 14.4. The van der Waals surface area contributed by atoms with Crippen LogP contribution >= 0.6 is 0 Å². The molecule has 1 aliphatic heterocycles. The molecule has 1 aliphatic carbocycles. The van der Waals surface area contributed by atoms with Crippen LogP contribution in [0.25, 0.3) is 0 Å². The summed E-state index contributed by atoms with van der Waals surface area (Å²) in [5.41, 5.74) is 0.343. The van der Waals surface area contributed by atoms with Crippen LogP contribution in [-0.2, 0) is 39.9 Å². The van der Waals surface area contributed by atoms with Gasteiger partial charge in [-0.2, -0.15) is 0 Å². The van der Waals surface area contributed by atoms with Crippen molar-refractivity contribution in [2.24, 2.45) is 5.92 Å². The molecule has 0 bridgehead atoms. The lowest BCUT2D eigenvalue weighted by Gasteiger charge is -2.35. The molecule has 336 valence electrons. The van der Waals surface area contributed by atoms with E-state index in [4.69, 9.17) is 19.3 Å². The van der Waals surface area contributed by atoms with E-state index in [1.165, 1.54) is 12.0 Å². The molecule has 4 amide bonds. The Morgan fingerprint density at radius 3 is 2.28 bits per heavy atom. The van der Waals surface area contributed by atoms with Crippen molar-refractivity contribution in [2.45, 2.75) is 134 Å². The van der Waals surface area contributed by atoms with Gasteiger partial charge in [0, 0.05) is 25.6 Å². The number of carbonyl (C=O) groups excluding carboxylic acids is 6. The monoisotopic (exact) mass is 851 g/mol. The van der Waals surface area contributed by atoms with Gasteiger partial charge in [-0.25, -0.2) is 4.79 Å². The molecule has 2 aromatic carbocycles. The number of aliphatic hydroxyl groups is 2. The van der Waals surface area contributed by atoms with E-state index in [1.54, 1.807) is 76.2 Å². The fourth-order valence-corrected chi connectivity index (χ4v) is 7.75. The number of hydrogen-bond donors (Lipinski definition) is 6. The highest BCUT2D eigenvalue weighted by molar-refractivity contribution is 6.38. The van der Waals surface area contributed by atoms with Crippen LogP contribution in [0.15, 0.2) is 48.5 Å². The largest absolute Gasteiger partial charge is 0.497 e. The number of methoxy groups -OCH3 is 1. The molecule has 16 nitrogen and oxygen atoms in total. The van der Waals surface area contributed by atoms with Gasteiger partial charge in [-0.15, -0.1) is 0 Å². The highest BCUT2D eigenvalue weighted by Crippen LogP contribution is 2.30. The van der Waals surface area contributed by atoms with Gasteiger partial charge < -0.3 is 45.3 Å². The molecular formula is C45H65N5O11.